The van der Waals surface area contributed by atoms with Crippen LogP contribution in [0.5, 0.6) is 5.88 Å². The maximum Gasteiger partial charge on any atom is 0.232 e. The summed E-state index contributed by atoms with van der Waals surface area (Å²) in [6.45, 7) is -0.216. The number of fused-ring (bicyclic) bond motifs is 2. The first-order valence-corrected chi connectivity index (χ1v) is 8.25. The smallest absolute Gasteiger partial charge is 0.232 e. The zero-order valence-corrected chi connectivity index (χ0v) is 14.7. The maximum absolute atomic E-state index is 14.1. The maximum atomic E-state index is 14.1. The van der Waals surface area contributed by atoms with Gasteiger partial charge < -0.3 is 14.3 Å². The van der Waals surface area contributed by atoms with E-state index in [2.05, 4.69) is 9.97 Å². The second-order valence-corrected chi connectivity index (χ2v) is 6.20. The van der Waals surface area contributed by atoms with E-state index < -0.39 is 5.82 Å². The minimum atomic E-state index is -0.835. The molecule has 0 aliphatic heterocycles. The molecule has 0 spiro atoms. The molecule has 0 saturated heterocycles. The van der Waals surface area contributed by atoms with Crippen LogP contribution in [-0.2, 0) is 6.61 Å². The number of nitrogens with zero attached hydrogens (tertiary/aromatic N) is 2. The summed E-state index contributed by atoms with van der Waals surface area (Å²) in [5.41, 5.74) is 2.12. The van der Waals surface area contributed by atoms with Crippen LogP contribution in [0.2, 0.25) is 5.02 Å². The molecule has 0 fully saturated rings. The first-order chi connectivity index (χ1) is 13.0. The van der Waals surface area contributed by atoms with Crippen molar-refractivity contribution in [1.29, 1.82) is 0 Å². The molecular formula is C19H12ClFN2O4. The Morgan fingerprint density at radius 2 is 2.15 bits per heavy atom. The van der Waals surface area contributed by atoms with Gasteiger partial charge in [-0.2, -0.15) is 0 Å². The number of aldehydes is 1. The number of aliphatic hydroxyl groups is 1. The molecule has 0 unspecified atom stereocenters. The van der Waals surface area contributed by atoms with E-state index in [-0.39, 0.29) is 22.8 Å². The number of hydrogen-bond acceptors (Lipinski definition) is 6. The van der Waals surface area contributed by atoms with Gasteiger partial charge in [0.1, 0.15) is 10.8 Å². The van der Waals surface area contributed by atoms with E-state index in [4.69, 9.17) is 20.8 Å². The van der Waals surface area contributed by atoms with Gasteiger partial charge in [0, 0.05) is 10.9 Å². The monoisotopic (exact) mass is 386 g/mol. The van der Waals surface area contributed by atoms with Crippen LogP contribution >= 0.6 is 11.6 Å². The lowest BCUT2D eigenvalue weighted by Gasteiger charge is -2.07. The normalized spacial score (nSPS) is 11.3. The molecule has 0 radical (unpaired) electrons. The van der Waals surface area contributed by atoms with Gasteiger partial charge in [0.25, 0.3) is 0 Å². The summed E-state index contributed by atoms with van der Waals surface area (Å²) in [6, 6.07) is 6.39. The molecule has 0 aliphatic rings. The Bertz CT molecular complexity index is 1200. The second kappa shape index (κ2) is 6.61. The number of methoxy groups -OCH3 is 1. The van der Waals surface area contributed by atoms with Gasteiger partial charge in [-0.15, -0.1) is 0 Å². The molecule has 0 saturated carbocycles. The Labute approximate surface area is 157 Å². The quantitative estimate of drug-likeness (QED) is 0.530. The highest BCUT2D eigenvalue weighted by Gasteiger charge is 2.19. The van der Waals surface area contributed by atoms with Gasteiger partial charge in [-0.05, 0) is 29.8 Å². The number of carbonyl (C=O) groups excluding carboxylic acids is 1. The molecule has 2 aromatic heterocycles. The van der Waals surface area contributed by atoms with Crippen LogP contribution in [0.15, 0.2) is 34.9 Å². The van der Waals surface area contributed by atoms with Crippen LogP contribution < -0.4 is 4.74 Å². The molecule has 136 valence electrons. The lowest BCUT2D eigenvalue weighted by atomic mass is 10.1. The van der Waals surface area contributed by atoms with Crippen LogP contribution in [-0.4, -0.2) is 28.5 Å². The summed E-state index contributed by atoms with van der Waals surface area (Å²) in [5, 5.41) is 9.77. The van der Waals surface area contributed by atoms with Crippen molar-refractivity contribution in [2.75, 3.05) is 7.11 Å². The van der Waals surface area contributed by atoms with Gasteiger partial charge in [0.15, 0.2) is 17.7 Å². The van der Waals surface area contributed by atoms with Gasteiger partial charge in [-0.1, -0.05) is 11.6 Å². The number of halogens is 2. The number of benzene rings is 2. The topological polar surface area (TPSA) is 85.5 Å². The predicted molar refractivity (Wildman–Crippen MR) is 97.6 cm³/mol. The van der Waals surface area contributed by atoms with Crippen molar-refractivity contribution in [3.63, 3.8) is 0 Å². The minimum Gasteiger partial charge on any atom is -0.480 e. The Balaban J connectivity index is 2.01. The summed E-state index contributed by atoms with van der Waals surface area (Å²) in [6.07, 6.45) is 1.86. The van der Waals surface area contributed by atoms with E-state index >= 15 is 0 Å². The van der Waals surface area contributed by atoms with Gasteiger partial charge in [0.2, 0.25) is 5.88 Å². The number of ether oxygens (including phenoxy) is 1. The van der Waals surface area contributed by atoms with Crippen LogP contribution in [0.3, 0.4) is 0 Å². The number of aromatic nitrogens is 2. The fraction of sp³-hybridized carbons (Fsp3) is 0.105. The Morgan fingerprint density at radius 1 is 1.33 bits per heavy atom. The van der Waals surface area contributed by atoms with Crippen molar-refractivity contribution in [1.82, 2.24) is 9.97 Å². The minimum absolute atomic E-state index is 0.124. The number of aliphatic hydroxyl groups excluding tert-OH is 1. The highest BCUT2D eigenvalue weighted by atomic mass is 35.5. The molecule has 2 aromatic carbocycles. The summed E-state index contributed by atoms with van der Waals surface area (Å²) >= 11 is 6.01. The summed E-state index contributed by atoms with van der Waals surface area (Å²) in [4.78, 5) is 19.7. The van der Waals surface area contributed by atoms with E-state index in [1.54, 1.807) is 18.2 Å². The molecule has 0 aliphatic carbocycles. The van der Waals surface area contributed by atoms with Crippen molar-refractivity contribution in [3.8, 4) is 17.2 Å². The predicted octanol–water partition coefficient (Wildman–Crippen LogP) is 4.15. The van der Waals surface area contributed by atoms with E-state index in [1.807, 2.05) is 0 Å². The van der Waals surface area contributed by atoms with E-state index in [0.29, 0.717) is 45.5 Å². The van der Waals surface area contributed by atoms with Crippen LogP contribution in [0, 0.1) is 5.82 Å². The third-order valence-corrected chi connectivity index (χ3v) is 4.52. The summed E-state index contributed by atoms with van der Waals surface area (Å²) in [7, 11) is 1.48. The lowest BCUT2D eigenvalue weighted by molar-refractivity contribution is 0.112. The number of hydrogen-bond donors (Lipinski definition) is 1. The number of furan rings is 1. The molecule has 4 aromatic rings. The molecule has 0 bridgehead atoms. The lowest BCUT2D eigenvalue weighted by Crippen LogP contribution is -1.94. The SMILES string of the molecule is COc1cnc2c(-c3cc4cc(C=O)c(F)c(Cl)c4o3)cc(CO)cc2n1. The molecule has 1 N–H and O–H groups in total. The highest BCUT2D eigenvalue weighted by molar-refractivity contribution is 6.35. The summed E-state index contributed by atoms with van der Waals surface area (Å²) in [5.74, 6) is -0.151. The average molecular weight is 387 g/mol. The van der Waals surface area contributed by atoms with E-state index in [1.165, 1.54) is 19.4 Å². The third kappa shape index (κ3) is 2.81. The molecular weight excluding hydrogens is 375 g/mol. The fourth-order valence-electron chi connectivity index (χ4n) is 2.90. The first-order valence-electron chi connectivity index (χ1n) is 7.87. The molecule has 0 amide bonds. The number of carbonyl (C=O) groups is 1. The van der Waals surface area contributed by atoms with Crippen LogP contribution in [0.1, 0.15) is 15.9 Å². The van der Waals surface area contributed by atoms with Crippen molar-refractivity contribution in [2.45, 2.75) is 6.61 Å². The Morgan fingerprint density at radius 3 is 2.85 bits per heavy atom. The third-order valence-electron chi connectivity index (χ3n) is 4.19. The van der Waals surface area contributed by atoms with Crippen LogP contribution in [0.25, 0.3) is 33.3 Å². The van der Waals surface area contributed by atoms with Gasteiger partial charge in [0.05, 0.1) is 36.5 Å². The molecule has 6 nitrogen and oxygen atoms in total. The van der Waals surface area contributed by atoms with Crippen molar-refractivity contribution in [3.05, 3.63) is 52.4 Å². The highest BCUT2D eigenvalue weighted by Crippen LogP contribution is 2.37. The van der Waals surface area contributed by atoms with E-state index in [0.717, 1.165) is 0 Å². The van der Waals surface area contributed by atoms with Crippen molar-refractivity contribution < 1.29 is 23.4 Å². The largest absolute Gasteiger partial charge is 0.480 e. The van der Waals surface area contributed by atoms with Crippen LogP contribution in [0.4, 0.5) is 4.39 Å². The molecule has 27 heavy (non-hydrogen) atoms. The Hall–Kier alpha value is -3.03. The average Bonchev–Trinajstić information content (AvgIpc) is 3.13. The van der Waals surface area contributed by atoms with E-state index in [9.17, 15) is 14.3 Å². The fourth-order valence-corrected chi connectivity index (χ4v) is 3.16. The Kier molecular flexibility index (Phi) is 4.25. The molecule has 8 heteroatoms. The molecule has 2 heterocycles. The van der Waals surface area contributed by atoms with Crippen molar-refractivity contribution >= 4 is 39.9 Å². The van der Waals surface area contributed by atoms with Crippen molar-refractivity contribution in [2.24, 2.45) is 0 Å². The standard InChI is InChI=1S/C19H12ClFN2O4/c1-26-15-6-22-18-12(2-9(7-24)3-13(18)23-15)14-5-10-4-11(8-25)17(21)16(20)19(10)27-14/h2-6,8,24H,7H2,1H3. The second-order valence-electron chi connectivity index (χ2n) is 5.82. The van der Waals surface area contributed by atoms with Gasteiger partial charge >= 0.3 is 0 Å². The zero-order chi connectivity index (χ0) is 19.1. The number of rotatable bonds is 4. The molecule has 4 rings (SSSR count). The first kappa shape index (κ1) is 17.4. The molecule has 0 atom stereocenters. The summed E-state index contributed by atoms with van der Waals surface area (Å²) < 4.78 is 25.0. The zero-order valence-electron chi connectivity index (χ0n) is 14.0. The van der Waals surface area contributed by atoms with Gasteiger partial charge in [-0.3, -0.25) is 4.79 Å². The van der Waals surface area contributed by atoms with Gasteiger partial charge in [-0.25, -0.2) is 14.4 Å².